The van der Waals surface area contributed by atoms with Gasteiger partial charge in [0.25, 0.3) is 0 Å². The second-order valence-electron chi connectivity index (χ2n) is 7.54. The van der Waals surface area contributed by atoms with Crippen molar-refractivity contribution in [1.82, 2.24) is 0 Å². The Labute approximate surface area is 111 Å². The van der Waals surface area contributed by atoms with Gasteiger partial charge in [-0.3, -0.25) is 0 Å². The third kappa shape index (κ3) is 3.11. The molecule has 1 N–H and O–H groups in total. The lowest BCUT2D eigenvalue weighted by Crippen LogP contribution is -2.35. The fraction of sp³-hybridized carbons (Fsp3) is 0.688. The van der Waals surface area contributed by atoms with E-state index in [1.165, 1.54) is 0 Å². The second-order valence-corrected chi connectivity index (χ2v) is 7.54. The predicted octanol–water partition coefficient (Wildman–Crippen LogP) is 3.51. The Morgan fingerprint density at radius 1 is 1.06 bits per heavy atom. The Bertz CT molecular complexity index is 364. The van der Waals surface area contributed by atoms with Gasteiger partial charge in [0.1, 0.15) is 6.29 Å². The highest BCUT2D eigenvalue weighted by Crippen LogP contribution is 2.45. The summed E-state index contributed by atoms with van der Waals surface area (Å²) in [6.07, 6.45) is 4.67. The maximum Gasteiger partial charge on any atom is 0.131 e. The summed E-state index contributed by atoms with van der Waals surface area (Å²) in [5.41, 5.74) is 0.802. The van der Waals surface area contributed by atoms with Crippen molar-refractivity contribution in [2.75, 3.05) is 0 Å². The van der Waals surface area contributed by atoms with E-state index >= 15 is 0 Å². The van der Waals surface area contributed by atoms with Gasteiger partial charge in [0, 0.05) is 0 Å². The molecule has 2 nitrogen and oxygen atoms in total. The third-order valence-corrected chi connectivity index (χ3v) is 3.43. The van der Waals surface area contributed by atoms with Crippen molar-refractivity contribution in [1.29, 1.82) is 0 Å². The zero-order chi connectivity index (χ0) is 14.4. The van der Waals surface area contributed by atoms with Crippen LogP contribution < -0.4 is 0 Å². The first-order valence-corrected chi connectivity index (χ1v) is 6.52. The predicted molar refractivity (Wildman–Crippen MR) is 75.3 cm³/mol. The van der Waals surface area contributed by atoms with Crippen LogP contribution in [0.4, 0.5) is 0 Å². The number of carbonyl (C=O) groups excluding carboxylic acids is 1. The smallest absolute Gasteiger partial charge is 0.131 e. The van der Waals surface area contributed by atoms with Gasteiger partial charge >= 0.3 is 0 Å². The van der Waals surface area contributed by atoms with Crippen LogP contribution in [0.3, 0.4) is 0 Å². The van der Waals surface area contributed by atoms with Crippen LogP contribution in [0.5, 0.6) is 0 Å². The summed E-state index contributed by atoms with van der Waals surface area (Å²) < 4.78 is 0. The normalized spacial score (nSPS) is 29.7. The van der Waals surface area contributed by atoms with Gasteiger partial charge in [0.05, 0.1) is 11.5 Å². The van der Waals surface area contributed by atoms with E-state index in [1.54, 1.807) is 6.92 Å². The number of hydrogen-bond donors (Lipinski definition) is 1. The number of aliphatic hydroxyl groups is 1. The van der Waals surface area contributed by atoms with Crippen molar-refractivity contribution in [2.45, 2.75) is 54.1 Å². The van der Waals surface area contributed by atoms with E-state index in [-0.39, 0.29) is 16.7 Å². The number of carbonyl (C=O) groups is 1. The van der Waals surface area contributed by atoms with Gasteiger partial charge in [-0.05, 0) is 29.9 Å². The van der Waals surface area contributed by atoms with Gasteiger partial charge in [0.2, 0.25) is 0 Å². The molecule has 1 aliphatic rings. The van der Waals surface area contributed by atoms with E-state index in [9.17, 15) is 9.90 Å². The highest BCUT2D eigenvalue weighted by molar-refractivity contribution is 5.67. The summed E-state index contributed by atoms with van der Waals surface area (Å²) in [6.45, 7) is 14.3. The molecule has 0 aromatic rings. The Kier molecular flexibility index (Phi) is 3.66. The van der Waals surface area contributed by atoms with Gasteiger partial charge in [0.15, 0.2) is 0 Å². The monoisotopic (exact) mass is 250 g/mol. The molecule has 0 atom stereocenters. The molecule has 0 unspecified atom stereocenters. The van der Waals surface area contributed by atoms with Gasteiger partial charge in [-0.1, -0.05) is 52.7 Å². The summed E-state index contributed by atoms with van der Waals surface area (Å²) >= 11 is 0. The van der Waals surface area contributed by atoms with E-state index in [0.717, 1.165) is 17.4 Å². The molecule has 0 bridgehead atoms. The summed E-state index contributed by atoms with van der Waals surface area (Å²) in [7, 11) is 0. The second kappa shape index (κ2) is 4.34. The van der Waals surface area contributed by atoms with Crippen molar-refractivity contribution in [3.8, 4) is 0 Å². The molecular formula is C16H26O2. The molecule has 0 heterocycles. The van der Waals surface area contributed by atoms with E-state index in [0.29, 0.717) is 0 Å². The zero-order valence-electron chi connectivity index (χ0n) is 12.7. The van der Waals surface area contributed by atoms with Crippen LogP contribution >= 0.6 is 0 Å². The van der Waals surface area contributed by atoms with E-state index in [2.05, 4.69) is 41.5 Å². The number of allylic oxidation sites excluding steroid dienone is 2. The Balaban J connectivity index is 3.40. The summed E-state index contributed by atoms with van der Waals surface area (Å²) in [5, 5.41) is 10.4. The molecule has 1 aliphatic carbocycles. The molecule has 0 aliphatic heterocycles. The third-order valence-electron chi connectivity index (χ3n) is 3.43. The van der Waals surface area contributed by atoms with E-state index in [1.807, 2.05) is 12.2 Å². The van der Waals surface area contributed by atoms with Crippen LogP contribution in [0.2, 0.25) is 0 Å². The van der Waals surface area contributed by atoms with Gasteiger partial charge in [-0.25, -0.2) is 0 Å². The molecule has 0 aromatic heterocycles. The van der Waals surface area contributed by atoms with Crippen molar-refractivity contribution in [3.63, 3.8) is 0 Å². The number of rotatable bonds is 1. The average molecular weight is 250 g/mol. The molecule has 0 saturated heterocycles. The van der Waals surface area contributed by atoms with Gasteiger partial charge < -0.3 is 9.90 Å². The Morgan fingerprint density at radius 3 is 1.61 bits per heavy atom. The first-order valence-electron chi connectivity index (χ1n) is 6.52. The lowest BCUT2D eigenvalue weighted by molar-refractivity contribution is -0.110. The lowest BCUT2D eigenvalue weighted by Gasteiger charge is -2.40. The SMILES string of the molecule is CC1(O)C=C(C(C)(C)C)C(C=O)C(C(C)(C)C)=C1. The van der Waals surface area contributed by atoms with Crippen LogP contribution in [0.25, 0.3) is 0 Å². The molecule has 18 heavy (non-hydrogen) atoms. The minimum Gasteiger partial charge on any atom is -0.382 e. The maximum absolute atomic E-state index is 11.5. The first-order chi connectivity index (χ1) is 7.88. The minimum absolute atomic E-state index is 0.125. The molecule has 0 saturated carbocycles. The molecule has 0 spiro atoms. The molecule has 0 fully saturated rings. The van der Waals surface area contributed by atoms with Crippen LogP contribution in [-0.2, 0) is 4.79 Å². The molecule has 0 radical (unpaired) electrons. The molecule has 0 amide bonds. The van der Waals surface area contributed by atoms with Gasteiger partial charge in [-0.15, -0.1) is 0 Å². The highest BCUT2D eigenvalue weighted by Gasteiger charge is 2.38. The summed E-state index contributed by atoms with van der Waals surface area (Å²) in [6, 6.07) is 0. The summed E-state index contributed by atoms with van der Waals surface area (Å²) in [4.78, 5) is 11.5. The topological polar surface area (TPSA) is 37.3 Å². The zero-order valence-corrected chi connectivity index (χ0v) is 12.7. The van der Waals surface area contributed by atoms with E-state index in [4.69, 9.17) is 0 Å². The molecule has 2 heteroatoms. The molecular weight excluding hydrogens is 224 g/mol. The van der Waals surface area contributed by atoms with Crippen LogP contribution in [0, 0.1) is 16.7 Å². The Morgan fingerprint density at radius 2 is 1.39 bits per heavy atom. The lowest BCUT2D eigenvalue weighted by atomic mass is 9.65. The van der Waals surface area contributed by atoms with Crippen molar-refractivity contribution >= 4 is 6.29 Å². The van der Waals surface area contributed by atoms with Crippen molar-refractivity contribution in [3.05, 3.63) is 23.3 Å². The van der Waals surface area contributed by atoms with Crippen LogP contribution in [-0.4, -0.2) is 17.0 Å². The quantitative estimate of drug-likeness (QED) is 0.571. The van der Waals surface area contributed by atoms with Crippen molar-refractivity contribution < 1.29 is 9.90 Å². The van der Waals surface area contributed by atoms with Crippen molar-refractivity contribution in [2.24, 2.45) is 16.7 Å². The maximum atomic E-state index is 11.5. The number of aldehydes is 1. The molecule has 102 valence electrons. The Hall–Kier alpha value is -0.890. The fourth-order valence-corrected chi connectivity index (χ4v) is 2.53. The number of hydrogen-bond acceptors (Lipinski definition) is 2. The van der Waals surface area contributed by atoms with Crippen LogP contribution in [0.15, 0.2) is 23.3 Å². The molecule has 1 rings (SSSR count). The standard InChI is InChI=1S/C16H26O2/c1-14(2,3)12-8-16(7,18)9-13(11(12)10-17)15(4,5)6/h8-11,18H,1-7H3. The van der Waals surface area contributed by atoms with Gasteiger partial charge in [-0.2, -0.15) is 0 Å². The largest absolute Gasteiger partial charge is 0.382 e. The van der Waals surface area contributed by atoms with E-state index < -0.39 is 5.60 Å². The summed E-state index contributed by atoms with van der Waals surface area (Å²) in [5.74, 6) is -0.217. The first kappa shape index (κ1) is 15.2. The molecule has 0 aromatic carbocycles. The average Bonchev–Trinajstić information content (AvgIpc) is 2.12. The minimum atomic E-state index is -0.968. The fourth-order valence-electron chi connectivity index (χ4n) is 2.53. The highest BCUT2D eigenvalue weighted by atomic mass is 16.3. The van der Waals surface area contributed by atoms with Crippen LogP contribution in [0.1, 0.15) is 48.5 Å².